The van der Waals surface area contributed by atoms with Crippen molar-refractivity contribution in [2.24, 2.45) is 0 Å². The third kappa shape index (κ3) is 3.54. The molecule has 1 heterocycles. The zero-order valence-electron chi connectivity index (χ0n) is 10.4. The van der Waals surface area contributed by atoms with Crippen LogP contribution in [0.25, 0.3) is 0 Å². The van der Waals surface area contributed by atoms with Gasteiger partial charge in [-0.05, 0) is 47.1 Å². The second-order valence-electron chi connectivity index (χ2n) is 3.75. The van der Waals surface area contributed by atoms with Gasteiger partial charge in [0.15, 0.2) is 0 Å². The van der Waals surface area contributed by atoms with Gasteiger partial charge in [-0.15, -0.1) is 0 Å². The van der Waals surface area contributed by atoms with Gasteiger partial charge in [0.05, 0.1) is 24.1 Å². The van der Waals surface area contributed by atoms with Crippen LogP contribution in [0.5, 0.6) is 5.75 Å². The van der Waals surface area contributed by atoms with E-state index in [-0.39, 0.29) is 5.91 Å². The van der Waals surface area contributed by atoms with E-state index in [4.69, 9.17) is 4.74 Å². The lowest BCUT2D eigenvalue weighted by molar-refractivity contribution is 0.102. The molecule has 98 valence electrons. The summed E-state index contributed by atoms with van der Waals surface area (Å²) in [5.74, 6) is 0.362. The van der Waals surface area contributed by atoms with Gasteiger partial charge < -0.3 is 10.1 Å². The van der Waals surface area contributed by atoms with Gasteiger partial charge in [0.2, 0.25) is 0 Å². The average molecular weight is 321 g/mol. The van der Waals surface area contributed by atoms with Crippen molar-refractivity contribution in [1.82, 2.24) is 4.98 Å². The van der Waals surface area contributed by atoms with E-state index in [9.17, 15) is 4.79 Å². The first-order valence-corrected chi connectivity index (χ1v) is 6.64. The fourth-order valence-corrected chi connectivity index (χ4v) is 1.82. The van der Waals surface area contributed by atoms with Gasteiger partial charge in [-0.3, -0.25) is 4.79 Å². The fourth-order valence-electron chi connectivity index (χ4n) is 1.58. The highest BCUT2D eigenvalue weighted by Gasteiger charge is 2.11. The Kier molecular flexibility index (Phi) is 4.52. The molecule has 0 unspecified atom stereocenters. The normalized spacial score (nSPS) is 10.0. The summed E-state index contributed by atoms with van der Waals surface area (Å²) in [5.41, 5.74) is 1.15. The Morgan fingerprint density at radius 1 is 1.32 bits per heavy atom. The average Bonchev–Trinajstić information content (AvgIpc) is 2.42. The number of nitrogens with zero attached hydrogens (tertiary/aromatic N) is 1. The molecule has 2 aromatic rings. The van der Waals surface area contributed by atoms with Gasteiger partial charge >= 0.3 is 0 Å². The standard InChI is InChI=1S/C14H13BrN2O2/c1-2-19-12-6-4-3-5-11(12)14(18)17-10-7-8-13(15)16-9-10/h3-9H,2H2,1H3,(H,17,18). The van der Waals surface area contributed by atoms with Gasteiger partial charge in [0.1, 0.15) is 10.4 Å². The van der Waals surface area contributed by atoms with Gasteiger partial charge in [-0.25, -0.2) is 4.98 Å². The van der Waals surface area contributed by atoms with Crippen LogP contribution in [-0.2, 0) is 0 Å². The molecule has 1 N–H and O–H groups in total. The molecule has 0 aliphatic rings. The summed E-state index contributed by atoms with van der Waals surface area (Å²) in [6, 6.07) is 10.7. The van der Waals surface area contributed by atoms with Gasteiger partial charge in [0.25, 0.3) is 5.91 Å². The number of pyridine rings is 1. The van der Waals surface area contributed by atoms with Gasteiger partial charge in [-0.2, -0.15) is 0 Å². The third-order valence-corrected chi connectivity index (χ3v) is 2.89. The maximum Gasteiger partial charge on any atom is 0.259 e. The molecule has 1 aromatic carbocycles. The van der Waals surface area contributed by atoms with Crippen molar-refractivity contribution in [3.63, 3.8) is 0 Å². The summed E-state index contributed by atoms with van der Waals surface area (Å²) in [4.78, 5) is 16.2. The van der Waals surface area contributed by atoms with Crippen LogP contribution in [0.3, 0.4) is 0 Å². The first-order valence-electron chi connectivity index (χ1n) is 5.85. The summed E-state index contributed by atoms with van der Waals surface area (Å²) < 4.78 is 6.15. The molecule has 4 nitrogen and oxygen atoms in total. The lowest BCUT2D eigenvalue weighted by atomic mass is 10.2. The minimum absolute atomic E-state index is 0.215. The Balaban J connectivity index is 2.18. The number of carbonyl (C=O) groups excluding carboxylic acids is 1. The van der Waals surface area contributed by atoms with Crippen molar-refractivity contribution in [2.45, 2.75) is 6.92 Å². The molecule has 5 heteroatoms. The number of halogens is 1. The molecule has 0 fully saturated rings. The molecule has 0 spiro atoms. The predicted molar refractivity (Wildman–Crippen MR) is 77.5 cm³/mol. The van der Waals surface area contributed by atoms with Crippen molar-refractivity contribution in [3.8, 4) is 5.75 Å². The SMILES string of the molecule is CCOc1ccccc1C(=O)Nc1ccc(Br)nc1. The third-order valence-electron chi connectivity index (χ3n) is 2.42. The number of benzene rings is 1. The summed E-state index contributed by atoms with van der Waals surface area (Å²) in [6.45, 7) is 2.40. The van der Waals surface area contributed by atoms with Crippen molar-refractivity contribution in [1.29, 1.82) is 0 Å². The number of para-hydroxylation sites is 1. The van der Waals surface area contributed by atoms with Crippen LogP contribution >= 0.6 is 15.9 Å². The molecule has 0 aliphatic heterocycles. The number of ether oxygens (including phenoxy) is 1. The van der Waals surface area contributed by atoms with Crippen LogP contribution in [0.4, 0.5) is 5.69 Å². The van der Waals surface area contributed by atoms with Crippen molar-refractivity contribution in [2.75, 3.05) is 11.9 Å². The van der Waals surface area contributed by atoms with Crippen LogP contribution in [0.15, 0.2) is 47.2 Å². The Morgan fingerprint density at radius 2 is 2.11 bits per heavy atom. The van der Waals surface area contributed by atoms with E-state index in [1.807, 2.05) is 13.0 Å². The number of rotatable bonds is 4. The number of nitrogens with one attached hydrogen (secondary N) is 1. The van der Waals surface area contributed by atoms with Crippen LogP contribution in [0.1, 0.15) is 17.3 Å². The van der Waals surface area contributed by atoms with Gasteiger partial charge in [-0.1, -0.05) is 12.1 Å². The van der Waals surface area contributed by atoms with E-state index in [2.05, 4.69) is 26.2 Å². The van der Waals surface area contributed by atoms with Gasteiger partial charge in [0, 0.05) is 0 Å². The molecule has 0 saturated carbocycles. The first kappa shape index (κ1) is 13.5. The van der Waals surface area contributed by atoms with E-state index in [0.717, 1.165) is 4.60 Å². The topological polar surface area (TPSA) is 51.2 Å². The first-order chi connectivity index (χ1) is 9.20. The fraction of sp³-hybridized carbons (Fsp3) is 0.143. The summed E-state index contributed by atoms with van der Waals surface area (Å²) in [7, 11) is 0. The Hall–Kier alpha value is -1.88. The summed E-state index contributed by atoms with van der Waals surface area (Å²) >= 11 is 3.24. The van der Waals surface area contributed by atoms with E-state index >= 15 is 0 Å². The monoisotopic (exact) mass is 320 g/mol. The summed E-state index contributed by atoms with van der Waals surface area (Å²) in [6.07, 6.45) is 1.59. The van der Waals surface area contributed by atoms with Crippen molar-refractivity contribution >= 4 is 27.5 Å². The number of carbonyl (C=O) groups is 1. The number of amides is 1. The zero-order valence-corrected chi connectivity index (χ0v) is 12.0. The number of aromatic nitrogens is 1. The zero-order chi connectivity index (χ0) is 13.7. The van der Waals surface area contributed by atoms with Crippen molar-refractivity contribution in [3.05, 3.63) is 52.8 Å². The number of hydrogen-bond donors (Lipinski definition) is 1. The quantitative estimate of drug-likeness (QED) is 0.877. The lowest BCUT2D eigenvalue weighted by Gasteiger charge is -2.10. The highest BCUT2D eigenvalue weighted by Crippen LogP contribution is 2.19. The highest BCUT2D eigenvalue weighted by molar-refractivity contribution is 9.10. The van der Waals surface area contributed by atoms with Crippen LogP contribution in [0.2, 0.25) is 0 Å². The molecule has 1 amide bonds. The molecule has 0 saturated heterocycles. The van der Waals surface area contributed by atoms with E-state index < -0.39 is 0 Å². The second-order valence-corrected chi connectivity index (χ2v) is 4.57. The molecule has 0 radical (unpaired) electrons. The maximum atomic E-state index is 12.2. The molecular weight excluding hydrogens is 308 g/mol. The smallest absolute Gasteiger partial charge is 0.259 e. The largest absolute Gasteiger partial charge is 0.493 e. The number of hydrogen-bond acceptors (Lipinski definition) is 3. The number of anilines is 1. The molecular formula is C14H13BrN2O2. The second kappa shape index (κ2) is 6.33. The van der Waals surface area contributed by atoms with Crippen LogP contribution in [0, 0.1) is 0 Å². The Labute approximate surface area is 119 Å². The molecule has 1 aromatic heterocycles. The van der Waals surface area contributed by atoms with Crippen LogP contribution < -0.4 is 10.1 Å². The van der Waals surface area contributed by atoms with E-state index in [1.165, 1.54) is 0 Å². The predicted octanol–water partition coefficient (Wildman–Crippen LogP) is 3.50. The summed E-state index contributed by atoms with van der Waals surface area (Å²) in [5, 5.41) is 2.78. The lowest BCUT2D eigenvalue weighted by Crippen LogP contribution is -2.13. The molecule has 0 aliphatic carbocycles. The molecule has 0 bridgehead atoms. The van der Waals surface area contributed by atoms with E-state index in [0.29, 0.717) is 23.6 Å². The maximum absolute atomic E-state index is 12.2. The minimum atomic E-state index is -0.215. The molecule has 0 atom stereocenters. The highest BCUT2D eigenvalue weighted by atomic mass is 79.9. The van der Waals surface area contributed by atoms with E-state index in [1.54, 1.807) is 36.5 Å². The molecule has 2 rings (SSSR count). The minimum Gasteiger partial charge on any atom is -0.493 e. The Morgan fingerprint density at radius 3 is 2.79 bits per heavy atom. The molecule has 19 heavy (non-hydrogen) atoms. The van der Waals surface area contributed by atoms with Crippen molar-refractivity contribution < 1.29 is 9.53 Å². The Bertz CT molecular complexity index is 570. The van der Waals surface area contributed by atoms with Crippen LogP contribution in [-0.4, -0.2) is 17.5 Å².